The molecule has 5 heteroatoms. The second kappa shape index (κ2) is 8.31. The summed E-state index contributed by atoms with van der Waals surface area (Å²) >= 11 is 0. The molecule has 1 amide bonds. The van der Waals surface area contributed by atoms with E-state index >= 15 is 0 Å². The van der Waals surface area contributed by atoms with Crippen LogP contribution in [0.25, 0.3) is 0 Å². The largest absolute Gasteiger partial charge is 0.496 e. The molecule has 1 aliphatic carbocycles. The minimum atomic E-state index is 0.0430. The number of carbonyl (C=O) groups excluding carboxylic acids is 1. The Morgan fingerprint density at radius 1 is 1.14 bits per heavy atom. The van der Waals surface area contributed by atoms with Crippen molar-refractivity contribution in [1.82, 2.24) is 15.2 Å². The Bertz CT molecular complexity index is 839. The number of pyridine rings is 1. The smallest absolute Gasteiger partial charge is 0.253 e. The van der Waals surface area contributed by atoms with E-state index in [1.165, 1.54) is 5.56 Å². The molecule has 1 aromatic carbocycles. The van der Waals surface area contributed by atoms with Gasteiger partial charge in [-0.2, -0.15) is 0 Å². The molecule has 0 spiro atoms. The molecular formula is C23H29N3O2. The molecule has 1 N–H and O–H groups in total. The SMILES string of the molecule is COc1ccccc1CN1CCC(c2nc(C)ccc2C(=O)NC2CC2)CC1. The maximum atomic E-state index is 12.7. The van der Waals surface area contributed by atoms with Crippen molar-refractivity contribution in [3.63, 3.8) is 0 Å². The van der Waals surface area contributed by atoms with E-state index in [0.29, 0.717) is 12.0 Å². The molecule has 2 heterocycles. The molecule has 1 saturated carbocycles. The molecule has 2 aromatic rings. The minimum Gasteiger partial charge on any atom is -0.496 e. The van der Waals surface area contributed by atoms with Crippen molar-refractivity contribution in [3.05, 3.63) is 58.9 Å². The number of benzene rings is 1. The quantitative estimate of drug-likeness (QED) is 0.832. The summed E-state index contributed by atoms with van der Waals surface area (Å²) in [6, 6.07) is 12.5. The number of hydrogen-bond donors (Lipinski definition) is 1. The van der Waals surface area contributed by atoms with Crippen LogP contribution in [0.5, 0.6) is 5.75 Å². The number of carbonyl (C=O) groups is 1. The van der Waals surface area contributed by atoms with E-state index in [9.17, 15) is 4.79 Å². The summed E-state index contributed by atoms with van der Waals surface area (Å²) in [5.41, 5.74) is 3.95. The van der Waals surface area contributed by atoms with Gasteiger partial charge in [0.1, 0.15) is 5.75 Å². The van der Waals surface area contributed by atoms with E-state index in [0.717, 1.165) is 68.0 Å². The zero-order chi connectivity index (χ0) is 19.5. The van der Waals surface area contributed by atoms with Crippen LogP contribution in [-0.4, -0.2) is 42.0 Å². The first-order valence-electron chi connectivity index (χ1n) is 10.3. The summed E-state index contributed by atoms with van der Waals surface area (Å²) in [5.74, 6) is 1.33. The molecule has 4 rings (SSSR count). The highest BCUT2D eigenvalue weighted by Crippen LogP contribution is 2.31. The van der Waals surface area contributed by atoms with Crippen molar-refractivity contribution in [3.8, 4) is 5.75 Å². The second-order valence-corrected chi connectivity index (χ2v) is 8.00. The van der Waals surface area contributed by atoms with Gasteiger partial charge in [0.05, 0.1) is 18.4 Å². The van der Waals surface area contributed by atoms with Crippen LogP contribution in [0.1, 0.15) is 58.9 Å². The first kappa shape index (κ1) is 18.9. The lowest BCUT2D eigenvalue weighted by Gasteiger charge is -2.32. The Balaban J connectivity index is 1.43. The van der Waals surface area contributed by atoms with Crippen molar-refractivity contribution in [2.75, 3.05) is 20.2 Å². The normalized spacial score (nSPS) is 18.1. The highest BCUT2D eigenvalue weighted by Gasteiger charge is 2.29. The summed E-state index contributed by atoms with van der Waals surface area (Å²) in [6.45, 7) is 4.90. The van der Waals surface area contributed by atoms with Gasteiger partial charge in [-0.05, 0) is 63.9 Å². The Kier molecular flexibility index (Phi) is 5.62. The average molecular weight is 380 g/mol. The third kappa shape index (κ3) is 4.36. The van der Waals surface area contributed by atoms with Crippen molar-refractivity contribution in [2.45, 2.75) is 51.1 Å². The third-order valence-electron chi connectivity index (χ3n) is 5.78. The van der Waals surface area contributed by atoms with Crippen LogP contribution in [0, 0.1) is 6.92 Å². The summed E-state index contributed by atoms with van der Waals surface area (Å²) in [7, 11) is 1.72. The number of ether oxygens (including phenoxy) is 1. The van der Waals surface area contributed by atoms with Crippen LogP contribution in [-0.2, 0) is 6.54 Å². The fourth-order valence-electron chi connectivity index (χ4n) is 4.01. The first-order valence-corrected chi connectivity index (χ1v) is 10.3. The minimum absolute atomic E-state index is 0.0430. The number of nitrogens with one attached hydrogen (secondary N) is 1. The number of hydrogen-bond acceptors (Lipinski definition) is 4. The molecule has 2 fully saturated rings. The average Bonchev–Trinajstić information content (AvgIpc) is 3.53. The Morgan fingerprint density at radius 2 is 1.89 bits per heavy atom. The molecule has 1 aromatic heterocycles. The van der Waals surface area contributed by atoms with Crippen LogP contribution in [0.15, 0.2) is 36.4 Å². The van der Waals surface area contributed by atoms with Gasteiger partial charge in [0.2, 0.25) is 0 Å². The van der Waals surface area contributed by atoms with Crippen LogP contribution in [0.4, 0.5) is 0 Å². The lowest BCUT2D eigenvalue weighted by atomic mass is 9.89. The Morgan fingerprint density at radius 3 is 2.61 bits per heavy atom. The topological polar surface area (TPSA) is 54.5 Å². The lowest BCUT2D eigenvalue weighted by Crippen LogP contribution is -2.34. The van der Waals surface area contributed by atoms with E-state index in [-0.39, 0.29) is 5.91 Å². The second-order valence-electron chi connectivity index (χ2n) is 8.00. The summed E-state index contributed by atoms with van der Waals surface area (Å²) in [5, 5.41) is 3.12. The molecule has 0 radical (unpaired) electrons. The van der Waals surface area contributed by atoms with Gasteiger partial charge >= 0.3 is 0 Å². The number of piperidine rings is 1. The zero-order valence-corrected chi connectivity index (χ0v) is 16.8. The summed E-state index contributed by atoms with van der Waals surface area (Å²) in [6.07, 6.45) is 4.24. The predicted octanol–water partition coefficient (Wildman–Crippen LogP) is 3.67. The standard InChI is InChI=1S/C23H29N3O2/c1-16-7-10-20(23(27)25-19-8-9-19)22(24-16)17-11-13-26(14-12-17)15-18-5-3-4-6-21(18)28-2/h3-7,10,17,19H,8-9,11-15H2,1-2H3,(H,25,27). The summed E-state index contributed by atoms with van der Waals surface area (Å²) < 4.78 is 5.49. The number of nitrogens with zero attached hydrogens (tertiary/aromatic N) is 2. The number of para-hydroxylation sites is 1. The fraction of sp³-hybridized carbons (Fsp3) is 0.478. The number of methoxy groups -OCH3 is 1. The Labute approximate surface area is 167 Å². The van der Waals surface area contributed by atoms with Crippen molar-refractivity contribution in [2.24, 2.45) is 0 Å². The summed E-state index contributed by atoms with van der Waals surface area (Å²) in [4.78, 5) is 19.9. The zero-order valence-electron chi connectivity index (χ0n) is 16.8. The van der Waals surface area contributed by atoms with E-state index in [1.807, 2.05) is 31.2 Å². The molecule has 148 valence electrons. The maximum Gasteiger partial charge on any atom is 0.253 e. The van der Waals surface area contributed by atoms with Crippen molar-refractivity contribution in [1.29, 1.82) is 0 Å². The van der Waals surface area contributed by atoms with Gasteiger partial charge in [-0.25, -0.2) is 0 Å². The maximum absolute atomic E-state index is 12.7. The van der Waals surface area contributed by atoms with Gasteiger partial charge in [-0.1, -0.05) is 18.2 Å². The number of aromatic nitrogens is 1. The first-order chi connectivity index (χ1) is 13.6. The van der Waals surface area contributed by atoms with E-state index in [4.69, 9.17) is 9.72 Å². The molecule has 28 heavy (non-hydrogen) atoms. The molecule has 5 nitrogen and oxygen atoms in total. The Hall–Kier alpha value is -2.40. The van der Waals surface area contributed by atoms with Crippen molar-refractivity contribution >= 4 is 5.91 Å². The molecule has 0 bridgehead atoms. The monoisotopic (exact) mass is 379 g/mol. The molecule has 0 atom stereocenters. The highest BCUT2D eigenvalue weighted by atomic mass is 16.5. The van der Waals surface area contributed by atoms with Crippen LogP contribution < -0.4 is 10.1 Å². The molecule has 2 aliphatic rings. The van der Waals surface area contributed by atoms with Crippen LogP contribution in [0.3, 0.4) is 0 Å². The molecule has 0 unspecified atom stereocenters. The van der Waals surface area contributed by atoms with Gasteiger partial charge in [-0.3, -0.25) is 14.7 Å². The van der Waals surface area contributed by atoms with Crippen molar-refractivity contribution < 1.29 is 9.53 Å². The van der Waals surface area contributed by atoms with E-state index in [2.05, 4.69) is 22.3 Å². The highest BCUT2D eigenvalue weighted by molar-refractivity contribution is 5.95. The number of amides is 1. The molecule has 1 aliphatic heterocycles. The van der Waals surface area contributed by atoms with E-state index < -0.39 is 0 Å². The van der Waals surface area contributed by atoms with Crippen LogP contribution >= 0.6 is 0 Å². The number of rotatable bonds is 6. The lowest BCUT2D eigenvalue weighted by molar-refractivity contribution is 0.0948. The van der Waals surface area contributed by atoms with Gasteiger partial charge < -0.3 is 10.1 Å². The third-order valence-corrected chi connectivity index (χ3v) is 5.78. The van der Waals surface area contributed by atoms with Gasteiger partial charge in [0.25, 0.3) is 5.91 Å². The van der Waals surface area contributed by atoms with Gasteiger partial charge in [0, 0.05) is 29.8 Å². The van der Waals surface area contributed by atoms with Crippen LogP contribution in [0.2, 0.25) is 0 Å². The van der Waals surface area contributed by atoms with Gasteiger partial charge in [0.15, 0.2) is 0 Å². The fourth-order valence-corrected chi connectivity index (χ4v) is 4.01. The molecule has 1 saturated heterocycles. The number of aryl methyl sites for hydroxylation is 1. The van der Waals surface area contributed by atoms with E-state index in [1.54, 1.807) is 7.11 Å². The van der Waals surface area contributed by atoms with Gasteiger partial charge in [-0.15, -0.1) is 0 Å². The molecular weight excluding hydrogens is 350 g/mol. The number of likely N-dealkylation sites (tertiary alicyclic amines) is 1. The predicted molar refractivity (Wildman–Crippen MR) is 110 cm³/mol.